The lowest BCUT2D eigenvalue weighted by Gasteiger charge is -2.15. The summed E-state index contributed by atoms with van der Waals surface area (Å²) in [5, 5.41) is 14.7. The summed E-state index contributed by atoms with van der Waals surface area (Å²) in [7, 11) is 0. The van der Waals surface area contributed by atoms with Gasteiger partial charge in [0.15, 0.2) is 0 Å². The van der Waals surface area contributed by atoms with Gasteiger partial charge in [0.1, 0.15) is 5.83 Å². The molecule has 0 atom stereocenters. The maximum Gasteiger partial charge on any atom is 0.147 e. The summed E-state index contributed by atoms with van der Waals surface area (Å²) in [5.74, 6) is -0.588. The Labute approximate surface area is 74.7 Å². The van der Waals surface area contributed by atoms with Crippen LogP contribution in [0.4, 0.5) is 4.39 Å². The molecule has 0 aromatic carbocycles. The minimum Gasteiger partial charge on any atom is -0.298 e. The lowest BCUT2D eigenvalue weighted by molar-refractivity contribution is 0.653. The summed E-state index contributed by atoms with van der Waals surface area (Å²) in [4.78, 5) is 0. The number of rotatable bonds is 0. The zero-order valence-corrected chi connectivity index (χ0v) is 7.51. The van der Waals surface area contributed by atoms with Gasteiger partial charge in [-0.1, -0.05) is 11.6 Å². The summed E-state index contributed by atoms with van der Waals surface area (Å²) in [6.07, 6.45) is 0. The maximum absolute atomic E-state index is 13.1. The number of hydrogen-bond acceptors (Lipinski definition) is 2. The average molecular weight is 187 g/mol. The van der Waals surface area contributed by atoms with Crippen LogP contribution in [0.25, 0.3) is 0 Å². The SMILES string of the molecule is CC1=C(F)C(Cl)=C(C)C(=N)C1=N. The topological polar surface area (TPSA) is 47.7 Å². The minimum absolute atomic E-state index is 0.00102. The highest BCUT2D eigenvalue weighted by Gasteiger charge is 2.23. The first-order valence-corrected chi connectivity index (χ1v) is 3.76. The molecule has 0 saturated carbocycles. The second kappa shape index (κ2) is 2.83. The van der Waals surface area contributed by atoms with Crippen LogP contribution in [0.15, 0.2) is 22.0 Å². The highest BCUT2D eigenvalue weighted by molar-refractivity contribution is 6.55. The Morgan fingerprint density at radius 2 is 1.50 bits per heavy atom. The molecule has 0 saturated heterocycles. The van der Waals surface area contributed by atoms with Crippen molar-refractivity contribution in [2.45, 2.75) is 13.8 Å². The highest BCUT2D eigenvalue weighted by Crippen LogP contribution is 2.29. The van der Waals surface area contributed by atoms with Crippen molar-refractivity contribution in [1.29, 1.82) is 10.8 Å². The summed E-state index contributed by atoms with van der Waals surface area (Å²) in [5.41, 5.74) is 0.369. The lowest BCUT2D eigenvalue weighted by Crippen LogP contribution is -2.20. The van der Waals surface area contributed by atoms with E-state index >= 15 is 0 Å². The number of nitrogens with one attached hydrogen (secondary N) is 2. The van der Waals surface area contributed by atoms with Crippen molar-refractivity contribution >= 4 is 23.0 Å². The molecule has 12 heavy (non-hydrogen) atoms. The normalized spacial score (nSPS) is 19.3. The van der Waals surface area contributed by atoms with Crippen LogP contribution < -0.4 is 0 Å². The summed E-state index contributed by atoms with van der Waals surface area (Å²) in [6, 6.07) is 0. The first-order valence-electron chi connectivity index (χ1n) is 3.38. The molecule has 1 rings (SSSR count). The standard InChI is InChI=1S/C8H8ClFN2/c1-3-5(9)6(10)4(2)8(12)7(3)11/h11-12H,1-2H3. The molecule has 64 valence electrons. The molecule has 1 aliphatic rings. The molecule has 0 radical (unpaired) electrons. The summed E-state index contributed by atoms with van der Waals surface area (Å²) in [6.45, 7) is 2.98. The van der Waals surface area contributed by atoms with Gasteiger partial charge in [0, 0.05) is 5.57 Å². The van der Waals surface area contributed by atoms with Crippen molar-refractivity contribution < 1.29 is 4.39 Å². The molecule has 2 N–H and O–H groups in total. The van der Waals surface area contributed by atoms with Crippen molar-refractivity contribution in [1.82, 2.24) is 0 Å². The van der Waals surface area contributed by atoms with Crippen molar-refractivity contribution in [2.24, 2.45) is 0 Å². The molecule has 0 amide bonds. The fraction of sp³-hybridized carbons (Fsp3) is 0.250. The van der Waals surface area contributed by atoms with E-state index in [9.17, 15) is 4.39 Å². The summed E-state index contributed by atoms with van der Waals surface area (Å²) < 4.78 is 13.1. The summed E-state index contributed by atoms with van der Waals surface area (Å²) >= 11 is 5.58. The third-order valence-corrected chi connectivity index (χ3v) is 2.30. The van der Waals surface area contributed by atoms with Gasteiger partial charge in [-0.05, 0) is 19.4 Å². The van der Waals surface area contributed by atoms with Crippen molar-refractivity contribution in [2.75, 3.05) is 0 Å². The van der Waals surface area contributed by atoms with Gasteiger partial charge in [0.25, 0.3) is 0 Å². The van der Waals surface area contributed by atoms with E-state index in [0.29, 0.717) is 5.57 Å². The van der Waals surface area contributed by atoms with Gasteiger partial charge in [-0.3, -0.25) is 10.8 Å². The Hall–Kier alpha value is -0.960. The van der Waals surface area contributed by atoms with Crippen LogP contribution in [0.5, 0.6) is 0 Å². The quantitative estimate of drug-likeness (QED) is 0.547. The van der Waals surface area contributed by atoms with Crippen molar-refractivity contribution in [3.63, 3.8) is 0 Å². The monoisotopic (exact) mass is 186 g/mol. The molecular weight excluding hydrogens is 179 g/mol. The maximum atomic E-state index is 13.1. The largest absolute Gasteiger partial charge is 0.298 e. The second-order valence-electron chi connectivity index (χ2n) is 2.63. The van der Waals surface area contributed by atoms with Crippen LogP contribution in [0, 0.1) is 10.8 Å². The van der Waals surface area contributed by atoms with Gasteiger partial charge in [0.2, 0.25) is 0 Å². The second-order valence-corrected chi connectivity index (χ2v) is 3.01. The van der Waals surface area contributed by atoms with Gasteiger partial charge < -0.3 is 0 Å². The van der Waals surface area contributed by atoms with Crippen LogP contribution in [-0.4, -0.2) is 11.4 Å². The molecule has 0 fully saturated rings. The van der Waals surface area contributed by atoms with E-state index in [-0.39, 0.29) is 22.0 Å². The Bertz CT molecular complexity index is 290. The third kappa shape index (κ3) is 1.10. The van der Waals surface area contributed by atoms with E-state index < -0.39 is 5.83 Å². The fourth-order valence-electron chi connectivity index (χ4n) is 0.924. The Kier molecular flexibility index (Phi) is 2.15. The van der Waals surface area contributed by atoms with Crippen molar-refractivity contribution in [3.8, 4) is 0 Å². The Morgan fingerprint density at radius 3 is 2.00 bits per heavy atom. The molecule has 0 bridgehead atoms. The van der Waals surface area contributed by atoms with Crippen LogP contribution in [0.1, 0.15) is 13.8 Å². The van der Waals surface area contributed by atoms with Crippen molar-refractivity contribution in [3.05, 3.63) is 22.0 Å². The van der Waals surface area contributed by atoms with E-state index in [1.807, 2.05) is 0 Å². The molecule has 0 spiro atoms. The van der Waals surface area contributed by atoms with E-state index in [1.54, 1.807) is 0 Å². The third-order valence-electron chi connectivity index (χ3n) is 1.85. The van der Waals surface area contributed by atoms with Crippen LogP contribution in [-0.2, 0) is 0 Å². The van der Waals surface area contributed by atoms with E-state index in [4.69, 9.17) is 22.4 Å². The number of halogens is 2. The number of hydrogen-bond donors (Lipinski definition) is 2. The molecule has 0 heterocycles. The smallest absolute Gasteiger partial charge is 0.147 e. The van der Waals surface area contributed by atoms with Gasteiger partial charge in [-0.15, -0.1) is 0 Å². The van der Waals surface area contributed by atoms with Gasteiger partial charge in [-0.25, -0.2) is 4.39 Å². The molecular formula is C8H8ClFN2. The Morgan fingerprint density at radius 1 is 1.08 bits per heavy atom. The van der Waals surface area contributed by atoms with E-state index in [1.165, 1.54) is 13.8 Å². The first-order chi connectivity index (χ1) is 5.46. The minimum atomic E-state index is -0.588. The van der Waals surface area contributed by atoms with Gasteiger partial charge >= 0.3 is 0 Å². The van der Waals surface area contributed by atoms with Crippen LogP contribution in [0.3, 0.4) is 0 Å². The van der Waals surface area contributed by atoms with Crippen LogP contribution in [0.2, 0.25) is 0 Å². The molecule has 0 unspecified atom stereocenters. The molecule has 0 aromatic heterocycles. The fourth-order valence-corrected chi connectivity index (χ4v) is 1.16. The molecule has 2 nitrogen and oxygen atoms in total. The molecule has 0 aromatic rings. The Balaban J connectivity index is 3.37. The van der Waals surface area contributed by atoms with Gasteiger partial charge in [-0.2, -0.15) is 0 Å². The first kappa shape index (κ1) is 9.13. The van der Waals surface area contributed by atoms with E-state index in [2.05, 4.69) is 0 Å². The predicted molar refractivity (Wildman–Crippen MR) is 47.8 cm³/mol. The highest BCUT2D eigenvalue weighted by atomic mass is 35.5. The zero-order chi connectivity index (χ0) is 9.46. The molecule has 0 aliphatic heterocycles. The number of allylic oxidation sites excluding steroid dienone is 4. The van der Waals surface area contributed by atoms with E-state index in [0.717, 1.165) is 0 Å². The van der Waals surface area contributed by atoms with Gasteiger partial charge in [0.05, 0.1) is 16.5 Å². The zero-order valence-electron chi connectivity index (χ0n) is 6.76. The molecule has 4 heteroatoms. The van der Waals surface area contributed by atoms with Crippen LogP contribution >= 0.6 is 11.6 Å². The predicted octanol–water partition coefficient (Wildman–Crippen LogP) is 2.80. The lowest BCUT2D eigenvalue weighted by atomic mass is 9.95. The molecule has 1 aliphatic carbocycles. The average Bonchev–Trinajstić information content (AvgIpc) is 2.08.